The Balaban J connectivity index is 0.000001000. The van der Waals surface area contributed by atoms with Gasteiger partial charge in [-0.25, -0.2) is 4.39 Å². The predicted molar refractivity (Wildman–Crippen MR) is 46.8 cm³/mol. The Morgan fingerprint density at radius 1 is 1.64 bits per heavy atom. The first-order valence-corrected chi connectivity index (χ1v) is 3.76. The Morgan fingerprint density at radius 2 is 2.27 bits per heavy atom. The fraction of sp³-hybridized carbons (Fsp3) is 1.00. The van der Waals surface area contributed by atoms with Crippen molar-refractivity contribution in [2.75, 3.05) is 26.7 Å². The molecule has 68 valence electrons. The van der Waals surface area contributed by atoms with Crippen LogP contribution >= 0.6 is 12.4 Å². The molecule has 11 heavy (non-hydrogen) atoms. The number of rotatable bonds is 1. The van der Waals surface area contributed by atoms with Crippen molar-refractivity contribution >= 4 is 12.4 Å². The molecule has 2 N–H and O–H groups in total. The maximum atomic E-state index is 12.9. The molecule has 1 saturated heterocycles. The van der Waals surface area contributed by atoms with Crippen LogP contribution in [0.3, 0.4) is 0 Å². The zero-order valence-corrected chi connectivity index (χ0v) is 7.61. The zero-order valence-electron chi connectivity index (χ0n) is 6.79. The summed E-state index contributed by atoms with van der Waals surface area (Å²) >= 11 is 0. The van der Waals surface area contributed by atoms with E-state index >= 15 is 0 Å². The van der Waals surface area contributed by atoms with Gasteiger partial charge in [-0.05, 0) is 20.0 Å². The molecule has 0 aromatic carbocycles. The molecule has 1 heterocycles. The molecule has 0 radical (unpaired) electrons. The molecule has 0 aromatic heterocycles. The molecule has 1 aliphatic rings. The van der Waals surface area contributed by atoms with Gasteiger partial charge >= 0.3 is 0 Å². The third kappa shape index (κ3) is 2.93. The molecular weight excluding hydrogens is 167 g/mol. The lowest BCUT2D eigenvalue weighted by Crippen LogP contribution is -2.42. The van der Waals surface area contributed by atoms with E-state index in [2.05, 4.69) is 4.90 Å². The van der Waals surface area contributed by atoms with Gasteiger partial charge in [0.25, 0.3) is 0 Å². The van der Waals surface area contributed by atoms with Crippen LogP contribution in [-0.2, 0) is 0 Å². The number of hydrogen-bond acceptors (Lipinski definition) is 2. The lowest BCUT2D eigenvalue weighted by molar-refractivity contribution is 0.110. The standard InChI is InChI=1S/C7H15FN2.ClH/c1-10-3-2-7(8)6(4-9)5-10;/h6-7H,2-5,9H2,1H3;1H. The summed E-state index contributed by atoms with van der Waals surface area (Å²) in [5.74, 6) is 0.0683. The molecule has 0 saturated carbocycles. The second kappa shape index (κ2) is 4.91. The van der Waals surface area contributed by atoms with Crippen LogP contribution in [0.1, 0.15) is 6.42 Å². The van der Waals surface area contributed by atoms with Crippen molar-refractivity contribution < 1.29 is 4.39 Å². The van der Waals surface area contributed by atoms with Crippen molar-refractivity contribution in [3.63, 3.8) is 0 Å². The molecular formula is C7H16ClFN2. The molecule has 1 rings (SSSR count). The number of nitrogens with two attached hydrogens (primary N) is 1. The van der Waals surface area contributed by atoms with Crippen molar-refractivity contribution in [2.45, 2.75) is 12.6 Å². The molecule has 2 nitrogen and oxygen atoms in total. The van der Waals surface area contributed by atoms with Gasteiger partial charge in [0.15, 0.2) is 0 Å². The third-order valence-electron chi connectivity index (χ3n) is 2.15. The van der Waals surface area contributed by atoms with Gasteiger partial charge in [0.2, 0.25) is 0 Å². The van der Waals surface area contributed by atoms with Gasteiger partial charge in [0, 0.05) is 19.0 Å². The smallest absolute Gasteiger partial charge is 0.107 e. The van der Waals surface area contributed by atoms with Gasteiger partial charge in [-0.2, -0.15) is 0 Å². The summed E-state index contributed by atoms with van der Waals surface area (Å²) in [5.41, 5.74) is 5.39. The Morgan fingerprint density at radius 3 is 2.73 bits per heavy atom. The Kier molecular flexibility index (Phi) is 4.97. The highest BCUT2D eigenvalue weighted by Crippen LogP contribution is 2.17. The molecule has 0 aromatic rings. The van der Waals surface area contributed by atoms with E-state index in [1.165, 1.54) is 0 Å². The fourth-order valence-corrected chi connectivity index (χ4v) is 1.41. The van der Waals surface area contributed by atoms with Crippen molar-refractivity contribution in [1.82, 2.24) is 4.90 Å². The molecule has 2 atom stereocenters. The zero-order chi connectivity index (χ0) is 7.56. The molecule has 2 unspecified atom stereocenters. The average Bonchev–Trinajstić information content (AvgIpc) is 1.94. The number of alkyl halides is 1. The maximum Gasteiger partial charge on any atom is 0.107 e. The van der Waals surface area contributed by atoms with Gasteiger partial charge < -0.3 is 10.6 Å². The minimum Gasteiger partial charge on any atom is -0.330 e. The third-order valence-corrected chi connectivity index (χ3v) is 2.15. The monoisotopic (exact) mass is 182 g/mol. The highest BCUT2D eigenvalue weighted by molar-refractivity contribution is 5.85. The molecule has 4 heteroatoms. The summed E-state index contributed by atoms with van der Waals surface area (Å²) in [6.45, 7) is 2.17. The van der Waals surface area contributed by atoms with Crippen LogP contribution < -0.4 is 5.73 Å². The van der Waals surface area contributed by atoms with Crippen LogP contribution in [0.25, 0.3) is 0 Å². The van der Waals surface area contributed by atoms with Crippen molar-refractivity contribution in [3.8, 4) is 0 Å². The molecule has 1 aliphatic heterocycles. The van der Waals surface area contributed by atoms with Crippen molar-refractivity contribution in [3.05, 3.63) is 0 Å². The summed E-state index contributed by atoms with van der Waals surface area (Å²) in [4.78, 5) is 2.13. The van der Waals surface area contributed by atoms with E-state index in [-0.39, 0.29) is 18.3 Å². The largest absolute Gasteiger partial charge is 0.330 e. The number of piperidine rings is 1. The number of halogens is 2. The topological polar surface area (TPSA) is 29.3 Å². The molecule has 0 amide bonds. The van der Waals surface area contributed by atoms with Crippen LogP contribution in [0.4, 0.5) is 4.39 Å². The number of hydrogen-bond donors (Lipinski definition) is 1. The lowest BCUT2D eigenvalue weighted by Gasteiger charge is -2.31. The van der Waals surface area contributed by atoms with E-state index in [1.54, 1.807) is 0 Å². The minimum atomic E-state index is -0.666. The highest BCUT2D eigenvalue weighted by Gasteiger charge is 2.25. The van der Waals surface area contributed by atoms with Gasteiger partial charge in [-0.15, -0.1) is 12.4 Å². The SMILES string of the molecule is CN1CCC(F)C(CN)C1.Cl. The fourth-order valence-electron chi connectivity index (χ4n) is 1.41. The quantitative estimate of drug-likeness (QED) is 0.646. The van der Waals surface area contributed by atoms with E-state index in [1.807, 2.05) is 7.05 Å². The van der Waals surface area contributed by atoms with Crippen LogP contribution in [0, 0.1) is 5.92 Å². The number of nitrogens with zero attached hydrogens (tertiary/aromatic N) is 1. The van der Waals surface area contributed by atoms with Gasteiger partial charge in [-0.1, -0.05) is 0 Å². The van der Waals surface area contributed by atoms with Crippen molar-refractivity contribution in [1.29, 1.82) is 0 Å². The van der Waals surface area contributed by atoms with E-state index in [0.29, 0.717) is 13.0 Å². The van der Waals surface area contributed by atoms with Crippen LogP contribution in [0.15, 0.2) is 0 Å². The van der Waals surface area contributed by atoms with E-state index in [9.17, 15) is 4.39 Å². The maximum absolute atomic E-state index is 12.9. The molecule has 0 bridgehead atoms. The minimum absolute atomic E-state index is 0. The Labute approximate surface area is 73.3 Å². The van der Waals surface area contributed by atoms with Crippen LogP contribution in [-0.4, -0.2) is 37.8 Å². The summed E-state index contributed by atoms with van der Waals surface area (Å²) in [6, 6.07) is 0. The summed E-state index contributed by atoms with van der Waals surface area (Å²) < 4.78 is 12.9. The summed E-state index contributed by atoms with van der Waals surface area (Å²) in [7, 11) is 2.01. The van der Waals surface area contributed by atoms with Gasteiger partial charge in [-0.3, -0.25) is 0 Å². The second-order valence-corrected chi connectivity index (χ2v) is 3.06. The Bertz CT molecular complexity index is 113. The highest BCUT2D eigenvalue weighted by atomic mass is 35.5. The van der Waals surface area contributed by atoms with E-state index < -0.39 is 6.17 Å². The van der Waals surface area contributed by atoms with Crippen LogP contribution in [0.5, 0.6) is 0 Å². The normalized spacial score (nSPS) is 33.0. The first kappa shape index (κ1) is 11.1. The van der Waals surface area contributed by atoms with Gasteiger partial charge in [0.1, 0.15) is 6.17 Å². The first-order chi connectivity index (χ1) is 4.74. The first-order valence-electron chi connectivity index (χ1n) is 3.76. The predicted octanol–water partition coefficient (Wildman–Crippen LogP) is 0.657. The molecule has 0 spiro atoms. The average molecular weight is 183 g/mol. The Hall–Kier alpha value is 0.140. The number of likely N-dealkylation sites (tertiary alicyclic amines) is 1. The second-order valence-electron chi connectivity index (χ2n) is 3.06. The van der Waals surface area contributed by atoms with E-state index in [0.717, 1.165) is 13.1 Å². The van der Waals surface area contributed by atoms with E-state index in [4.69, 9.17) is 5.73 Å². The van der Waals surface area contributed by atoms with Crippen molar-refractivity contribution in [2.24, 2.45) is 11.7 Å². The summed E-state index contributed by atoms with van der Waals surface area (Å²) in [6.07, 6.45) is -0.0144. The lowest BCUT2D eigenvalue weighted by atomic mass is 9.97. The van der Waals surface area contributed by atoms with Crippen LogP contribution in [0.2, 0.25) is 0 Å². The summed E-state index contributed by atoms with van der Waals surface area (Å²) in [5, 5.41) is 0. The molecule has 1 fully saturated rings. The van der Waals surface area contributed by atoms with Gasteiger partial charge in [0.05, 0.1) is 0 Å². The molecule has 0 aliphatic carbocycles.